The maximum absolute atomic E-state index is 11.7. The zero-order valence-corrected chi connectivity index (χ0v) is 10.8. The van der Waals surface area contributed by atoms with E-state index in [1.807, 2.05) is 13.8 Å². The summed E-state index contributed by atoms with van der Waals surface area (Å²) in [4.78, 5) is 23.0. The van der Waals surface area contributed by atoms with Gasteiger partial charge in [-0.25, -0.2) is 0 Å². The first-order valence-electron chi connectivity index (χ1n) is 6.09. The van der Waals surface area contributed by atoms with Crippen molar-refractivity contribution >= 4 is 11.8 Å². The summed E-state index contributed by atoms with van der Waals surface area (Å²) in [7, 11) is 0. The van der Waals surface area contributed by atoms with Crippen molar-refractivity contribution in [1.82, 2.24) is 0 Å². The van der Waals surface area contributed by atoms with Crippen LogP contribution >= 0.6 is 0 Å². The molecule has 4 nitrogen and oxygen atoms in total. The first-order valence-corrected chi connectivity index (χ1v) is 6.09. The number of ketones is 1. The Balaban J connectivity index is 2.53. The largest absolute Gasteiger partial charge is 0.494 e. The van der Waals surface area contributed by atoms with E-state index in [-0.39, 0.29) is 12.2 Å². The average molecular weight is 250 g/mol. The van der Waals surface area contributed by atoms with Gasteiger partial charge < -0.3 is 9.47 Å². The summed E-state index contributed by atoms with van der Waals surface area (Å²) in [6, 6.07) is 6.74. The van der Waals surface area contributed by atoms with Crippen LogP contribution in [0.15, 0.2) is 24.3 Å². The van der Waals surface area contributed by atoms with Crippen LogP contribution in [-0.4, -0.2) is 25.0 Å². The van der Waals surface area contributed by atoms with Gasteiger partial charge >= 0.3 is 5.97 Å². The highest BCUT2D eigenvalue weighted by molar-refractivity contribution is 6.05. The highest BCUT2D eigenvalue weighted by atomic mass is 16.5. The van der Waals surface area contributed by atoms with Gasteiger partial charge in [0.2, 0.25) is 0 Å². The highest BCUT2D eigenvalue weighted by Gasteiger charge is 2.12. The molecule has 0 bridgehead atoms. The van der Waals surface area contributed by atoms with Crippen molar-refractivity contribution in [3.05, 3.63) is 29.8 Å². The maximum atomic E-state index is 11.7. The Hall–Kier alpha value is -1.84. The van der Waals surface area contributed by atoms with Gasteiger partial charge in [-0.3, -0.25) is 9.59 Å². The molecule has 0 aliphatic rings. The van der Waals surface area contributed by atoms with Crippen LogP contribution in [0.25, 0.3) is 0 Å². The van der Waals surface area contributed by atoms with Crippen LogP contribution in [0.3, 0.4) is 0 Å². The SMILES string of the molecule is CCCOC(=O)CC(=O)c1ccc(OCC)cc1. The molecule has 0 unspecified atom stereocenters. The van der Waals surface area contributed by atoms with E-state index in [0.29, 0.717) is 24.5 Å². The Morgan fingerprint density at radius 2 is 1.78 bits per heavy atom. The number of Topliss-reactive ketones (excluding diaryl/α,β-unsaturated/α-hetero) is 1. The molecule has 0 aliphatic carbocycles. The van der Waals surface area contributed by atoms with Crippen LogP contribution in [0, 0.1) is 0 Å². The molecule has 18 heavy (non-hydrogen) atoms. The summed E-state index contributed by atoms with van der Waals surface area (Å²) in [5, 5.41) is 0. The smallest absolute Gasteiger partial charge is 0.313 e. The lowest BCUT2D eigenvalue weighted by Gasteiger charge is -2.05. The van der Waals surface area contributed by atoms with Crippen LogP contribution in [0.1, 0.15) is 37.0 Å². The summed E-state index contributed by atoms with van der Waals surface area (Å²) < 4.78 is 10.1. The predicted molar refractivity (Wildman–Crippen MR) is 67.8 cm³/mol. The van der Waals surface area contributed by atoms with Gasteiger partial charge in [0.1, 0.15) is 12.2 Å². The molecule has 0 aromatic heterocycles. The molecule has 0 saturated heterocycles. The van der Waals surface area contributed by atoms with Crippen molar-refractivity contribution in [3.63, 3.8) is 0 Å². The molecule has 4 heteroatoms. The van der Waals surface area contributed by atoms with Gasteiger partial charge in [0.25, 0.3) is 0 Å². The molecule has 1 aromatic rings. The molecular formula is C14H18O4. The Morgan fingerprint density at radius 3 is 2.33 bits per heavy atom. The molecule has 0 fully saturated rings. The number of carbonyl (C=O) groups is 2. The number of carbonyl (C=O) groups excluding carboxylic acids is 2. The van der Waals surface area contributed by atoms with E-state index in [9.17, 15) is 9.59 Å². The fraction of sp³-hybridized carbons (Fsp3) is 0.429. The third-order valence-corrected chi connectivity index (χ3v) is 2.26. The number of benzene rings is 1. The summed E-state index contributed by atoms with van der Waals surface area (Å²) in [5.41, 5.74) is 0.493. The van der Waals surface area contributed by atoms with E-state index in [1.54, 1.807) is 24.3 Å². The van der Waals surface area contributed by atoms with E-state index in [1.165, 1.54) is 0 Å². The fourth-order valence-corrected chi connectivity index (χ4v) is 1.40. The first kappa shape index (κ1) is 14.2. The van der Waals surface area contributed by atoms with Gasteiger partial charge in [-0.1, -0.05) is 6.92 Å². The standard InChI is InChI=1S/C14H18O4/c1-3-9-18-14(16)10-13(15)11-5-7-12(8-6-11)17-4-2/h5-8H,3-4,9-10H2,1-2H3. The molecule has 98 valence electrons. The fourth-order valence-electron chi connectivity index (χ4n) is 1.40. The molecule has 0 atom stereocenters. The summed E-state index contributed by atoms with van der Waals surface area (Å²) in [6.07, 6.45) is 0.539. The van der Waals surface area contributed by atoms with E-state index in [4.69, 9.17) is 9.47 Å². The van der Waals surface area contributed by atoms with E-state index in [2.05, 4.69) is 0 Å². The Bertz CT molecular complexity index is 395. The molecule has 0 aliphatic heterocycles. The lowest BCUT2D eigenvalue weighted by molar-refractivity contribution is -0.142. The molecule has 0 N–H and O–H groups in total. The predicted octanol–water partition coefficient (Wildman–Crippen LogP) is 2.61. The molecular weight excluding hydrogens is 232 g/mol. The van der Waals surface area contributed by atoms with Gasteiger partial charge in [-0.05, 0) is 37.6 Å². The molecule has 0 spiro atoms. The number of hydrogen-bond acceptors (Lipinski definition) is 4. The topological polar surface area (TPSA) is 52.6 Å². The minimum atomic E-state index is -0.476. The van der Waals surface area contributed by atoms with E-state index >= 15 is 0 Å². The maximum Gasteiger partial charge on any atom is 0.313 e. The van der Waals surface area contributed by atoms with Crippen LogP contribution in [0.4, 0.5) is 0 Å². The van der Waals surface area contributed by atoms with Crippen molar-refractivity contribution < 1.29 is 19.1 Å². The molecule has 1 rings (SSSR count). The minimum Gasteiger partial charge on any atom is -0.494 e. The first-order chi connectivity index (χ1) is 8.67. The van der Waals surface area contributed by atoms with Gasteiger partial charge in [0.15, 0.2) is 5.78 Å². The second kappa shape index (κ2) is 7.48. The van der Waals surface area contributed by atoms with Gasteiger partial charge in [-0.2, -0.15) is 0 Å². The number of hydrogen-bond donors (Lipinski definition) is 0. The van der Waals surface area contributed by atoms with Crippen LogP contribution < -0.4 is 4.74 Å². The zero-order valence-electron chi connectivity index (χ0n) is 10.8. The minimum absolute atomic E-state index is 0.214. The van der Waals surface area contributed by atoms with Crippen LogP contribution in [-0.2, 0) is 9.53 Å². The van der Waals surface area contributed by atoms with Crippen molar-refractivity contribution in [1.29, 1.82) is 0 Å². The third-order valence-electron chi connectivity index (χ3n) is 2.26. The molecule has 0 saturated carbocycles. The zero-order chi connectivity index (χ0) is 13.4. The Morgan fingerprint density at radius 1 is 1.11 bits per heavy atom. The second-order valence-electron chi connectivity index (χ2n) is 3.78. The average Bonchev–Trinajstić information content (AvgIpc) is 2.37. The normalized spacial score (nSPS) is 9.89. The van der Waals surface area contributed by atoms with Gasteiger partial charge in [0, 0.05) is 5.56 Å². The quantitative estimate of drug-likeness (QED) is 0.424. The summed E-state index contributed by atoms with van der Waals surface area (Å²) in [5.74, 6) is -0.00232. The monoisotopic (exact) mass is 250 g/mol. The van der Waals surface area contributed by atoms with E-state index < -0.39 is 5.97 Å². The van der Waals surface area contributed by atoms with E-state index in [0.717, 1.165) is 6.42 Å². The van der Waals surface area contributed by atoms with Gasteiger partial charge in [-0.15, -0.1) is 0 Å². The number of esters is 1. The second-order valence-corrected chi connectivity index (χ2v) is 3.78. The van der Waals surface area contributed by atoms with Gasteiger partial charge in [0.05, 0.1) is 13.2 Å². The summed E-state index contributed by atoms with van der Waals surface area (Å²) >= 11 is 0. The molecule has 0 heterocycles. The third kappa shape index (κ3) is 4.57. The van der Waals surface area contributed by atoms with Crippen molar-refractivity contribution in [2.45, 2.75) is 26.7 Å². The van der Waals surface area contributed by atoms with Crippen molar-refractivity contribution in [2.75, 3.05) is 13.2 Å². The number of ether oxygens (including phenoxy) is 2. The lowest BCUT2D eigenvalue weighted by Crippen LogP contribution is -2.12. The molecule has 0 amide bonds. The van der Waals surface area contributed by atoms with Crippen LogP contribution in [0.5, 0.6) is 5.75 Å². The Labute approximate surface area is 107 Å². The van der Waals surface area contributed by atoms with Crippen molar-refractivity contribution in [2.24, 2.45) is 0 Å². The summed E-state index contributed by atoms with van der Waals surface area (Å²) in [6.45, 7) is 4.73. The molecule has 0 radical (unpaired) electrons. The number of rotatable bonds is 7. The lowest BCUT2D eigenvalue weighted by atomic mass is 10.1. The highest BCUT2D eigenvalue weighted by Crippen LogP contribution is 2.13. The van der Waals surface area contributed by atoms with Crippen molar-refractivity contribution in [3.8, 4) is 5.75 Å². The Kier molecular flexibility index (Phi) is 5.91. The van der Waals surface area contributed by atoms with Crippen LogP contribution in [0.2, 0.25) is 0 Å². The molecule has 1 aromatic carbocycles.